The number of hydrogen-bond donors (Lipinski definition) is 2. The third-order valence-electron chi connectivity index (χ3n) is 2.23. The zero-order valence-corrected chi connectivity index (χ0v) is 13.3. The van der Waals surface area contributed by atoms with Crippen molar-refractivity contribution in [2.45, 2.75) is 13.8 Å². The van der Waals surface area contributed by atoms with Crippen LogP contribution in [-0.4, -0.2) is 34.4 Å². The van der Waals surface area contributed by atoms with Crippen LogP contribution in [0.5, 0.6) is 0 Å². The van der Waals surface area contributed by atoms with Gasteiger partial charge in [-0.25, -0.2) is 14.8 Å². The molecule has 0 aliphatic rings. The van der Waals surface area contributed by atoms with Gasteiger partial charge in [-0.15, -0.1) is 22.7 Å². The minimum absolute atomic E-state index is 0.138. The van der Waals surface area contributed by atoms with Crippen LogP contribution in [0.4, 0.5) is 10.3 Å². The third-order valence-corrected chi connectivity index (χ3v) is 3.74. The summed E-state index contributed by atoms with van der Waals surface area (Å²) < 4.78 is 4.81. The number of hydrogen-bond acceptors (Lipinski definition) is 8. The molecule has 0 fully saturated rings. The van der Waals surface area contributed by atoms with Crippen LogP contribution >= 0.6 is 22.7 Å². The van der Waals surface area contributed by atoms with Crippen molar-refractivity contribution >= 4 is 50.7 Å². The van der Waals surface area contributed by atoms with E-state index in [0.717, 1.165) is 22.7 Å². The molecule has 2 aromatic heterocycles. The van der Waals surface area contributed by atoms with Gasteiger partial charge in [0.15, 0.2) is 16.0 Å². The Morgan fingerprint density at radius 2 is 1.68 bits per heavy atom. The zero-order chi connectivity index (χ0) is 16.1. The number of nitrogens with one attached hydrogen (secondary N) is 2. The van der Waals surface area contributed by atoms with Crippen molar-refractivity contribution in [3.63, 3.8) is 0 Å². The maximum absolute atomic E-state index is 12.0. The van der Waals surface area contributed by atoms with Gasteiger partial charge in [0.25, 0.3) is 5.91 Å². The van der Waals surface area contributed by atoms with Gasteiger partial charge in [0, 0.05) is 17.7 Å². The van der Waals surface area contributed by atoms with Gasteiger partial charge in [0.1, 0.15) is 5.69 Å². The highest BCUT2D eigenvalue weighted by atomic mass is 32.1. The number of nitrogens with zero attached hydrogens (tertiary/aromatic N) is 2. The van der Waals surface area contributed by atoms with E-state index in [-0.39, 0.29) is 29.0 Å². The molecule has 2 aromatic rings. The first-order chi connectivity index (χ1) is 10.5. The molecule has 0 atom stereocenters. The van der Waals surface area contributed by atoms with E-state index in [4.69, 9.17) is 4.74 Å². The Morgan fingerprint density at radius 3 is 2.32 bits per heavy atom. The fourth-order valence-corrected chi connectivity index (χ4v) is 2.79. The number of anilines is 2. The van der Waals surface area contributed by atoms with Gasteiger partial charge >= 0.3 is 5.97 Å². The lowest BCUT2D eigenvalue weighted by Crippen LogP contribution is -2.13. The molecule has 2 heterocycles. The third kappa shape index (κ3) is 4.09. The van der Waals surface area contributed by atoms with Crippen molar-refractivity contribution in [1.82, 2.24) is 9.97 Å². The lowest BCUT2D eigenvalue weighted by atomic mass is 10.4. The number of carbonyl (C=O) groups excluding carboxylic acids is 3. The van der Waals surface area contributed by atoms with Crippen LogP contribution in [0.15, 0.2) is 10.8 Å². The second-order valence-electron chi connectivity index (χ2n) is 3.93. The largest absolute Gasteiger partial charge is 0.461 e. The van der Waals surface area contributed by atoms with Gasteiger partial charge in [0.2, 0.25) is 5.91 Å². The van der Waals surface area contributed by atoms with Crippen LogP contribution in [0.3, 0.4) is 0 Å². The molecule has 116 valence electrons. The second kappa shape index (κ2) is 7.09. The van der Waals surface area contributed by atoms with E-state index < -0.39 is 11.9 Å². The Balaban J connectivity index is 2.01. The number of aromatic nitrogens is 2. The Hall–Kier alpha value is -2.33. The van der Waals surface area contributed by atoms with Crippen LogP contribution in [0, 0.1) is 0 Å². The summed E-state index contributed by atoms with van der Waals surface area (Å²) in [6.45, 7) is 3.30. The number of amides is 2. The van der Waals surface area contributed by atoms with E-state index in [1.54, 1.807) is 6.92 Å². The predicted octanol–water partition coefficient (Wildman–Crippen LogP) is 1.99. The smallest absolute Gasteiger partial charge is 0.357 e. The molecule has 0 saturated heterocycles. The molecule has 2 rings (SSSR count). The summed E-state index contributed by atoms with van der Waals surface area (Å²) in [6.07, 6.45) is 0. The normalized spacial score (nSPS) is 10.1. The van der Waals surface area contributed by atoms with Crippen molar-refractivity contribution in [2.24, 2.45) is 0 Å². The summed E-state index contributed by atoms with van der Waals surface area (Å²) in [5.74, 6) is -1.28. The zero-order valence-electron chi connectivity index (χ0n) is 11.7. The van der Waals surface area contributed by atoms with Gasteiger partial charge in [0.05, 0.1) is 6.61 Å². The molecule has 0 radical (unpaired) electrons. The van der Waals surface area contributed by atoms with Gasteiger partial charge in [-0.3, -0.25) is 14.9 Å². The quantitative estimate of drug-likeness (QED) is 0.805. The van der Waals surface area contributed by atoms with Crippen molar-refractivity contribution < 1.29 is 19.1 Å². The average Bonchev–Trinajstić information content (AvgIpc) is 3.07. The fourth-order valence-electron chi connectivity index (χ4n) is 1.38. The molecule has 0 aliphatic carbocycles. The Kier molecular flexibility index (Phi) is 5.17. The Morgan fingerprint density at radius 1 is 1.09 bits per heavy atom. The topological polar surface area (TPSA) is 110 Å². The molecule has 0 bridgehead atoms. The van der Waals surface area contributed by atoms with Crippen LogP contribution in [0.1, 0.15) is 34.8 Å². The van der Waals surface area contributed by atoms with Gasteiger partial charge in [-0.1, -0.05) is 0 Å². The van der Waals surface area contributed by atoms with Crippen LogP contribution in [0.25, 0.3) is 0 Å². The van der Waals surface area contributed by atoms with Crippen LogP contribution < -0.4 is 10.6 Å². The minimum atomic E-state index is -0.541. The second-order valence-corrected chi connectivity index (χ2v) is 5.65. The summed E-state index contributed by atoms with van der Waals surface area (Å²) in [4.78, 5) is 42.3. The number of rotatable bonds is 5. The maximum atomic E-state index is 12.0. The summed E-state index contributed by atoms with van der Waals surface area (Å²) in [6, 6.07) is 0. The van der Waals surface area contributed by atoms with E-state index in [0.29, 0.717) is 5.13 Å². The molecular weight excluding hydrogens is 328 g/mol. The minimum Gasteiger partial charge on any atom is -0.461 e. The van der Waals surface area contributed by atoms with Crippen molar-refractivity contribution in [3.8, 4) is 0 Å². The van der Waals surface area contributed by atoms with E-state index in [1.165, 1.54) is 17.7 Å². The van der Waals surface area contributed by atoms with Gasteiger partial charge < -0.3 is 10.1 Å². The lowest BCUT2D eigenvalue weighted by Gasteiger charge is -1.98. The highest BCUT2D eigenvalue weighted by Gasteiger charge is 2.16. The lowest BCUT2D eigenvalue weighted by molar-refractivity contribution is -0.114. The van der Waals surface area contributed by atoms with E-state index in [1.807, 2.05) is 0 Å². The number of thiazole rings is 2. The van der Waals surface area contributed by atoms with Crippen LogP contribution in [-0.2, 0) is 9.53 Å². The molecule has 0 aromatic carbocycles. The van der Waals surface area contributed by atoms with Gasteiger partial charge in [-0.2, -0.15) is 0 Å². The fraction of sp³-hybridized carbons (Fsp3) is 0.250. The summed E-state index contributed by atoms with van der Waals surface area (Å²) in [5, 5.41) is 8.64. The Bertz CT molecular complexity index is 710. The first-order valence-electron chi connectivity index (χ1n) is 6.16. The highest BCUT2D eigenvalue weighted by molar-refractivity contribution is 7.14. The molecule has 2 amide bonds. The molecule has 0 aliphatic heterocycles. The van der Waals surface area contributed by atoms with Crippen molar-refractivity contribution in [3.05, 3.63) is 22.1 Å². The van der Waals surface area contributed by atoms with E-state index in [2.05, 4.69) is 20.6 Å². The van der Waals surface area contributed by atoms with Crippen molar-refractivity contribution in [2.75, 3.05) is 17.2 Å². The van der Waals surface area contributed by atoms with Crippen molar-refractivity contribution in [1.29, 1.82) is 0 Å². The summed E-state index contributed by atoms with van der Waals surface area (Å²) in [7, 11) is 0. The maximum Gasteiger partial charge on any atom is 0.357 e. The molecule has 22 heavy (non-hydrogen) atoms. The number of esters is 1. The highest BCUT2D eigenvalue weighted by Crippen LogP contribution is 2.19. The average molecular weight is 340 g/mol. The van der Waals surface area contributed by atoms with Crippen LogP contribution in [0.2, 0.25) is 0 Å². The molecule has 0 saturated carbocycles. The molecule has 0 spiro atoms. The summed E-state index contributed by atoms with van der Waals surface area (Å²) >= 11 is 2.24. The summed E-state index contributed by atoms with van der Waals surface area (Å²) in [5.41, 5.74) is 0.293. The molecule has 10 heteroatoms. The van der Waals surface area contributed by atoms with Gasteiger partial charge in [-0.05, 0) is 6.92 Å². The molecule has 8 nitrogen and oxygen atoms in total. The molecular formula is C12H12N4O4S2. The van der Waals surface area contributed by atoms with E-state index in [9.17, 15) is 14.4 Å². The number of carbonyl (C=O) groups is 3. The number of ether oxygens (including phenoxy) is 1. The first kappa shape index (κ1) is 16.0. The molecule has 0 unspecified atom stereocenters. The monoisotopic (exact) mass is 340 g/mol. The standard InChI is InChI=1S/C12H12N4O4S2/c1-3-20-10(19)8-5-22-12(15-8)16-9(18)7-4-21-11(14-7)13-6(2)17/h4-5H,3H2,1-2H3,(H,13,14,17)(H,15,16,18). The molecule has 2 N–H and O–H groups in total. The predicted molar refractivity (Wildman–Crippen MR) is 82.4 cm³/mol. The Labute approximate surface area is 133 Å². The SMILES string of the molecule is CCOC(=O)c1csc(NC(=O)c2csc(NC(C)=O)n2)n1. The van der Waals surface area contributed by atoms with E-state index >= 15 is 0 Å². The first-order valence-corrected chi connectivity index (χ1v) is 7.92.